The zero-order valence-electron chi connectivity index (χ0n) is 18.1. The van der Waals surface area contributed by atoms with E-state index in [4.69, 9.17) is 9.79 Å². The first-order chi connectivity index (χ1) is 15.4. The Morgan fingerprint density at radius 2 is 1.67 bits per heavy atom. The predicted octanol–water partition coefficient (Wildman–Crippen LogP) is 2.68. The second kappa shape index (κ2) is 9.40. The molecule has 10 nitrogen and oxygen atoms in total. The van der Waals surface area contributed by atoms with E-state index in [0.29, 0.717) is 11.5 Å². The van der Waals surface area contributed by atoms with Crippen molar-refractivity contribution in [3.63, 3.8) is 0 Å². The number of carbonyl (C=O) groups excluding carboxylic acids is 1. The van der Waals surface area contributed by atoms with Gasteiger partial charge in [0.2, 0.25) is 0 Å². The fourth-order valence-electron chi connectivity index (χ4n) is 2.96. The normalized spacial score (nSPS) is 11.8. The molecule has 33 heavy (non-hydrogen) atoms. The summed E-state index contributed by atoms with van der Waals surface area (Å²) in [4.78, 5) is 41.2. The van der Waals surface area contributed by atoms with Crippen LogP contribution in [0, 0.1) is 6.92 Å². The van der Waals surface area contributed by atoms with Crippen LogP contribution in [0.5, 0.6) is 0 Å². The molecule has 0 fully saturated rings. The number of sulfone groups is 1. The summed E-state index contributed by atoms with van der Waals surface area (Å²) >= 11 is 0. The number of carbonyl (C=O) groups is 1. The zero-order valence-corrected chi connectivity index (χ0v) is 19.8. The highest BCUT2D eigenvalue weighted by Crippen LogP contribution is 2.38. The monoisotopic (exact) mass is 490 g/mol. The Bertz CT molecular complexity index is 1320. The molecule has 0 bridgehead atoms. The molecule has 0 saturated heterocycles. The molecule has 12 heteroatoms. The lowest BCUT2D eigenvalue weighted by molar-refractivity contribution is 0.102. The Morgan fingerprint density at radius 3 is 2.21 bits per heavy atom. The summed E-state index contributed by atoms with van der Waals surface area (Å²) in [5, 5.41) is 2.65. The molecule has 1 heterocycles. The van der Waals surface area contributed by atoms with Gasteiger partial charge in [-0.1, -0.05) is 29.8 Å². The summed E-state index contributed by atoms with van der Waals surface area (Å²) in [5.41, 5.74) is 1.47. The number of hydrogen-bond donors (Lipinski definition) is 3. The van der Waals surface area contributed by atoms with Crippen LogP contribution in [0.15, 0.2) is 59.6 Å². The second-order valence-electron chi connectivity index (χ2n) is 7.57. The Kier molecular flexibility index (Phi) is 6.99. The summed E-state index contributed by atoms with van der Waals surface area (Å²) in [5.74, 6) is -0.199. The largest absolute Gasteiger partial charge is 0.361 e. The maximum absolute atomic E-state index is 13.0. The van der Waals surface area contributed by atoms with Crippen molar-refractivity contribution >= 4 is 34.8 Å². The van der Waals surface area contributed by atoms with E-state index >= 15 is 0 Å². The third-order valence-electron chi connectivity index (χ3n) is 4.55. The molecule has 1 amide bonds. The highest BCUT2D eigenvalue weighted by Gasteiger charge is 2.26. The molecular formula is C21H23N4O6PS. The molecule has 0 atom stereocenters. The lowest BCUT2D eigenvalue weighted by atomic mass is 10.1. The van der Waals surface area contributed by atoms with Crippen LogP contribution in [0.4, 0.5) is 11.5 Å². The van der Waals surface area contributed by atoms with E-state index in [-0.39, 0.29) is 16.3 Å². The molecule has 2 aromatic carbocycles. The van der Waals surface area contributed by atoms with Crippen molar-refractivity contribution in [2.24, 2.45) is 0 Å². The first-order valence-corrected chi connectivity index (χ1v) is 13.1. The summed E-state index contributed by atoms with van der Waals surface area (Å²) in [6, 6.07) is 12.6. The number of aryl methyl sites for hydroxylation is 1. The highest BCUT2D eigenvalue weighted by molar-refractivity contribution is 7.97. The minimum atomic E-state index is -4.75. The Balaban J connectivity index is 1.88. The van der Waals surface area contributed by atoms with Crippen LogP contribution in [0.1, 0.15) is 16.1 Å². The van der Waals surface area contributed by atoms with Gasteiger partial charge >= 0.3 is 7.60 Å². The zero-order chi connectivity index (χ0) is 24.4. The van der Waals surface area contributed by atoms with E-state index < -0.39 is 28.8 Å². The molecule has 3 aromatic rings. The van der Waals surface area contributed by atoms with Crippen molar-refractivity contribution in [1.29, 1.82) is 0 Å². The van der Waals surface area contributed by atoms with Gasteiger partial charge in [0.15, 0.2) is 26.8 Å². The van der Waals surface area contributed by atoms with E-state index in [1.165, 1.54) is 24.3 Å². The van der Waals surface area contributed by atoms with E-state index in [9.17, 15) is 17.8 Å². The van der Waals surface area contributed by atoms with E-state index in [1.807, 2.05) is 31.2 Å². The number of anilines is 2. The molecule has 0 aliphatic rings. The molecule has 0 unspecified atom stereocenters. The van der Waals surface area contributed by atoms with Crippen molar-refractivity contribution < 1.29 is 27.6 Å². The third kappa shape index (κ3) is 6.23. The summed E-state index contributed by atoms with van der Waals surface area (Å²) in [6.07, 6.45) is 1.58. The van der Waals surface area contributed by atoms with Crippen LogP contribution in [0.25, 0.3) is 11.3 Å². The van der Waals surface area contributed by atoms with Crippen LogP contribution in [0.3, 0.4) is 0 Å². The first-order valence-electron chi connectivity index (χ1n) is 9.66. The number of amides is 1. The number of rotatable bonds is 7. The minimum absolute atomic E-state index is 0.0799. The third-order valence-corrected chi connectivity index (χ3v) is 8.24. The molecule has 174 valence electrons. The number of nitrogens with zero attached hydrogens (tertiary/aromatic N) is 3. The Hall–Kier alpha value is -3.11. The van der Waals surface area contributed by atoms with Crippen LogP contribution < -0.4 is 10.2 Å². The van der Waals surface area contributed by atoms with Crippen LogP contribution >= 0.6 is 7.60 Å². The SMILES string of the molecule is Cc1ccc(-c2cnc(N(C)C)c(C(=O)Nc3ccc(S(=O)(=O)CP(=O)(O)O)cc3)n2)cc1. The topological polar surface area (TPSA) is 150 Å². The van der Waals surface area contributed by atoms with Gasteiger partial charge in [-0.3, -0.25) is 9.36 Å². The van der Waals surface area contributed by atoms with Crippen molar-refractivity contribution in [3.05, 3.63) is 66.0 Å². The van der Waals surface area contributed by atoms with Crippen LogP contribution in [0.2, 0.25) is 0 Å². The molecule has 0 spiro atoms. The number of benzene rings is 2. The fourth-order valence-corrected chi connectivity index (χ4v) is 5.88. The van der Waals surface area contributed by atoms with Gasteiger partial charge in [0.1, 0.15) is 0 Å². The van der Waals surface area contributed by atoms with Crippen molar-refractivity contribution in [2.45, 2.75) is 11.8 Å². The Labute approximate surface area is 191 Å². The van der Waals surface area contributed by atoms with Gasteiger partial charge in [-0.05, 0) is 31.2 Å². The fraction of sp³-hybridized carbons (Fsp3) is 0.190. The van der Waals surface area contributed by atoms with Gasteiger partial charge in [0.25, 0.3) is 5.91 Å². The first kappa shape index (κ1) is 24.5. The summed E-state index contributed by atoms with van der Waals surface area (Å²) < 4.78 is 35.3. The Morgan fingerprint density at radius 1 is 1.06 bits per heavy atom. The second-order valence-corrected chi connectivity index (χ2v) is 11.6. The van der Waals surface area contributed by atoms with Crippen LogP contribution in [-0.4, -0.2) is 53.7 Å². The average Bonchev–Trinajstić information content (AvgIpc) is 2.72. The molecule has 0 radical (unpaired) electrons. The van der Waals surface area contributed by atoms with E-state index in [0.717, 1.165) is 11.1 Å². The van der Waals surface area contributed by atoms with Gasteiger partial charge in [-0.15, -0.1) is 0 Å². The highest BCUT2D eigenvalue weighted by atomic mass is 32.2. The number of nitrogens with one attached hydrogen (secondary N) is 1. The van der Waals surface area contributed by atoms with Gasteiger partial charge in [-0.25, -0.2) is 18.4 Å². The molecule has 0 saturated carbocycles. The minimum Gasteiger partial charge on any atom is -0.361 e. The van der Waals surface area contributed by atoms with Crippen molar-refractivity contribution in [2.75, 3.05) is 29.8 Å². The van der Waals surface area contributed by atoms with Crippen molar-refractivity contribution in [3.8, 4) is 11.3 Å². The quantitative estimate of drug-likeness (QED) is 0.425. The molecule has 0 aliphatic carbocycles. The van der Waals surface area contributed by atoms with Crippen LogP contribution in [-0.2, 0) is 14.4 Å². The summed E-state index contributed by atoms with van der Waals surface area (Å²) in [6.45, 7) is 1.96. The van der Waals surface area contributed by atoms with Gasteiger partial charge in [-0.2, -0.15) is 0 Å². The maximum atomic E-state index is 13.0. The smallest absolute Gasteiger partial charge is 0.340 e. The van der Waals surface area contributed by atoms with Gasteiger partial charge in [0.05, 0.1) is 16.8 Å². The molecule has 0 aliphatic heterocycles. The van der Waals surface area contributed by atoms with Crippen molar-refractivity contribution in [1.82, 2.24) is 9.97 Å². The molecule has 3 N–H and O–H groups in total. The molecule has 1 aromatic heterocycles. The predicted molar refractivity (Wildman–Crippen MR) is 125 cm³/mol. The van der Waals surface area contributed by atoms with Gasteiger partial charge in [0, 0.05) is 25.3 Å². The number of aromatic nitrogens is 2. The van der Waals surface area contributed by atoms with E-state index in [1.54, 1.807) is 25.2 Å². The summed E-state index contributed by atoms with van der Waals surface area (Å²) in [7, 11) is -5.47. The lowest BCUT2D eigenvalue weighted by Gasteiger charge is -2.16. The lowest BCUT2D eigenvalue weighted by Crippen LogP contribution is -2.21. The maximum Gasteiger partial charge on any atom is 0.340 e. The average molecular weight is 490 g/mol. The number of hydrogen-bond acceptors (Lipinski definition) is 7. The van der Waals surface area contributed by atoms with E-state index in [2.05, 4.69) is 15.3 Å². The van der Waals surface area contributed by atoms with Gasteiger partial charge < -0.3 is 20.0 Å². The molecular weight excluding hydrogens is 467 g/mol. The standard InChI is InChI=1S/C21H23N4O6PS/c1-14-4-6-15(7-5-14)18-12-22-20(25(2)3)19(24-18)21(26)23-16-8-10-17(11-9-16)33(30,31)13-32(27,28)29/h4-12H,13H2,1-3H3,(H,23,26)(H2,27,28,29). The molecule has 3 rings (SSSR count).